The highest BCUT2D eigenvalue weighted by Crippen LogP contribution is 2.44. The molecule has 2 aromatic carbocycles. The molecule has 0 amide bonds. The summed E-state index contributed by atoms with van der Waals surface area (Å²) < 4.78 is 38.0. The van der Waals surface area contributed by atoms with Gasteiger partial charge in [-0.1, -0.05) is 29.8 Å². The Bertz CT molecular complexity index is 1610. The van der Waals surface area contributed by atoms with Gasteiger partial charge in [0.05, 0.1) is 30.8 Å². The molecule has 38 heavy (non-hydrogen) atoms. The van der Waals surface area contributed by atoms with E-state index in [1.807, 2.05) is 60.4 Å². The minimum absolute atomic E-state index is 0.316. The number of aryl methyl sites for hydroxylation is 1. The number of benzene rings is 2. The highest BCUT2D eigenvalue weighted by molar-refractivity contribution is 7.92. The lowest BCUT2D eigenvalue weighted by Crippen LogP contribution is -2.29. The second-order valence-electron chi connectivity index (χ2n) is 8.92. The highest BCUT2D eigenvalue weighted by atomic mass is 35.5. The zero-order valence-corrected chi connectivity index (χ0v) is 23.2. The van der Waals surface area contributed by atoms with Gasteiger partial charge in [0.25, 0.3) is 0 Å². The third-order valence-electron chi connectivity index (χ3n) is 6.23. The smallest absolute Gasteiger partial charge is 0.229 e. The third kappa shape index (κ3) is 5.20. The van der Waals surface area contributed by atoms with Crippen LogP contribution in [0.2, 0.25) is 5.02 Å². The molecule has 8 nitrogen and oxygen atoms in total. The first-order valence-electron chi connectivity index (χ1n) is 11.7. The van der Waals surface area contributed by atoms with Crippen LogP contribution in [0.1, 0.15) is 29.1 Å². The van der Waals surface area contributed by atoms with Crippen molar-refractivity contribution in [3.63, 3.8) is 0 Å². The Kier molecular flexibility index (Phi) is 7.04. The molecule has 2 aromatic heterocycles. The number of hydrogen-bond acceptors (Lipinski definition) is 6. The van der Waals surface area contributed by atoms with Crippen LogP contribution in [0.4, 0.5) is 11.4 Å². The molecule has 2 N–H and O–H groups in total. The molecule has 1 aliphatic rings. The second-order valence-corrected chi connectivity index (χ2v) is 11.5. The van der Waals surface area contributed by atoms with Crippen molar-refractivity contribution in [3.8, 4) is 17.1 Å². The molecule has 0 spiro atoms. The van der Waals surface area contributed by atoms with Gasteiger partial charge in [0.1, 0.15) is 23.3 Å². The van der Waals surface area contributed by atoms with Crippen LogP contribution in [0.25, 0.3) is 11.3 Å². The number of sulfonamides is 1. The normalized spacial score (nSPS) is 17.4. The minimum atomic E-state index is -3.49. The number of hydrogen-bond donors (Lipinski definition) is 2. The molecule has 11 heteroatoms. The summed E-state index contributed by atoms with van der Waals surface area (Å²) in [6.45, 7) is 1.95. The van der Waals surface area contributed by atoms with Gasteiger partial charge in [-0.2, -0.15) is 0 Å². The summed E-state index contributed by atoms with van der Waals surface area (Å²) in [6, 6.07) is 19.8. The summed E-state index contributed by atoms with van der Waals surface area (Å²) in [4.78, 5) is 6.49. The van der Waals surface area contributed by atoms with Crippen molar-refractivity contribution in [2.24, 2.45) is 0 Å². The molecular weight excluding hydrogens is 544 g/mol. The van der Waals surface area contributed by atoms with Gasteiger partial charge in [-0.25, -0.2) is 8.42 Å². The predicted octanol–water partition coefficient (Wildman–Crippen LogP) is 5.86. The zero-order valence-electron chi connectivity index (χ0n) is 20.8. The maximum atomic E-state index is 11.8. The Morgan fingerprint density at radius 2 is 1.95 bits per heavy atom. The van der Waals surface area contributed by atoms with Crippen LogP contribution < -0.4 is 19.7 Å². The largest absolute Gasteiger partial charge is 0.494 e. The monoisotopic (exact) mass is 568 g/mol. The average molecular weight is 569 g/mol. The first kappa shape index (κ1) is 26.0. The Balaban J connectivity index is 1.59. The van der Waals surface area contributed by atoms with Gasteiger partial charge in [0.15, 0.2) is 5.11 Å². The van der Waals surface area contributed by atoms with E-state index in [9.17, 15) is 8.42 Å². The maximum Gasteiger partial charge on any atom is 0.229 e. The van der Waals surface area contributed by atoms with E-state index in [0.29, 0.717) is 38.8 Å². The number of methoxy groups -OCH3 is 1. The Hall–Kier alpha value is -3.60. The van der Waals surface area contributed by atoms with Crippen molar-refractivity contribution >= 4 is 50.3 Å². The van der Waals surface area contributed by atoms with Crippen molar-refractivity contribution in [1.82, 2.24) is 10.3 Å². The Morgan fingerprint density at radius 1 is 1.13 bits per heavy atom. The zero-order chi connectivity index (χ0) is 27.0. The molecule has 2 atom stereocenters. The standard InChI is InChI=1S/C27H25ClN4O4S2/c1-16-7-8-17(14-19(16)28)22-11-12-23(36-22)26-25(21-6-4-5-13-29-21)30-27(37)32(26)18-9-10-20(24(15-18)35-2)31-38(3,33)34/h4-15,25-26,31H,1-3H3,(H,30,37)/t25-,26-/m0/s1. The maximum absolute atomic E-state index is 11.8. The number of aromatic nitrogens is 1. The summed E-state index contributed by atoms with van der Waals surface area (Å²) in [6.07, 6.45) is 2.82. The number of ether oxygens (including phenoxy) is 1. The predicted molar refractivity (Wildman–Crippen MR) is 153 cm³/mol. The number of anilines is 2. The van der Waals surface area contributed by atoms with Crippen LogP contribution in [-0.2, 0) is 10.0 Å². The molecule has 196 valence electrons. The van der Waals surface area contributed by atoms with Crippen LogP contribution in [-0.4, -0.2) is 31.9 Å². The molecular formula is C27H25ClN4O4S2. The molecule has 0 bridgehead atoms. The van der Waals surface area contributed by atoms with Gasteiger partial charge in [0.2, 0.25) is 10.0 Å². The number of pyridine rings is 1. The van der Waals surface area contributed by atoms with Crippen LogP contribution in [0, 0.1) is 6.92 Å². The number of nitrogens with one attached hydrogen (secondary N) is 2. The van der Waals surface area contributed by atoms with Gasteiger partial charge < -0.3 is 19.4 Å². The van der Waals surface area contributed by atoms with E-state index >= 15 is 0 Å². The van der Waals surface area contributed by atoms with Crippen molar-refractivity contribution in [3.05, 3.63) is 95.0 Å². The van der Waals surface area contributed by atoms with Crippen LogP contribution in [0.5, 0.6) is 5.75 Å². The van der Waals surface area contributed by atoms with Gasteiger partial charge in [-0.15, -0.1) is 0 Å². The van der Waals surface area contributed by atoms with Crippen molar-refractivity contribution < 1.29 is 17.6 Å². The average Bonchev–Trinajstić information content (AvgIpc) is 3.50. The molecule has 0 unspecified atom stereocenters. The molecule has 1 aliphatic heterocycles. The van der Waals surface area contributed by atoms with Gasteiger partial charge >= 0.3 is 0 Å². The van der Waals surface area contributed by atoms with E-state index in [1.54, 1.807) is 24.4 Å². The first-order chi connectivity index (χ1) is 18.1. The number of halogens is 1. The lowest BCUT2D eigenvalue weighted by molar-refractivity contribution is 0.416. The molecule has 5 rings (SSSR count). The number of thiocarbonyl (C=S) groups is 1. The van der Waals surface area contributed by atoms with Crippen molar-refractivity contribution in [2.45, 2.75) is 19.0 Å². The molecule has 0 radical (unpaired) electrons. The molecule has 4 aromatic rings. The van der Waals surface area contributed by atoms with E-state index in [0.717, 1.165) is 23.1 Å². The van der Waals surface area contributed by atoms with Gasteiger partial charge in [-0.05, 0) is 67.2 Å². The fraction of sp³-hybridized carbons (Fsp3) is 0.185. The van der Waals surface area contributed by atoms with E-state index < -0.39 is 16.1 Å². The fourth-order valence-corrected chi connectivity index (χ4v) is 5.54. The van der Waals surface area contributed by atoms with E-state index in [-0.39, 0.29) is 6.04 Å². The lowest BCUT2D eigenvalue weighted by Gasteiger charge is -2.27. The minimum Gasteiger partial charge on any atom is -0.494 e. The summed E-state index contributed by atoms with van der Waals surface area (Å²) in [5.41, 5.74) is 3.65. The van der Waals surface area contributed by atoms with Crippen molar-refractivity contribution in [2.75, 3.05) is 23.0 Å². The second kappa shape index (κ2) is 10.3. The lowest BCUT2D eigenvalue weighted by atomic mass is 10.0. The van der Waals surface area contributed by atoms with Crippen LogP contribution in [0.15, 0.2) is 77.3 Å². The Morgan fingerprint density at radius 3 is 2.63 bits per heavy atom. The van der Waals surface area contributed by atoms with Crippen molar-refractivity contribution in [1.29, 1.82) is 0 Å². The summed E-state index contributed by atoms with van der Waals surface area (Å²) in [5, 5.41) is 4.51. The quantitative estimate of drug-likeness (QED) is 0.268. The molecule has 1 fully saturated rings. The SMILES string of the molecule is COc1cc(N2C(=S)N[C@@H](c3ccccn3)[C@@H]2c2ccc(-c3ccc(C)c(Cl)c3)o2)ccc1NS(C)(=O)=O. The van der Waals surface area contributed by atoms with E-state index in [2.05, 4.69) is 15.0 Å². The molecule has 1 saturated heterocycles. The molecule has 0 aliphatic carbocycles. The summed E-state index contributed by atoms with van der Waals surface area (Å²) in [5.74, 6) is 1.69. The first-order valence-corrected chi connectivity index (χ1v) is 14.3. The molecule has 3 heterocycles. The topological polar surface area (TPSA) is 96.7 Å². The van der Waals surface area contributed by atoms with Crippen LogP contribution >= 0.6 is 23.8 Å². The summed E-state index contributed by atoms with van der Waals surface area (Å²) >= 11 is 12.1. The molecule has 0 saturated carbocycles. The Labute approximate surface area is 231 Å². The highest BCUT2D eigenvalue weighted by Gasteiger charge is 2.42. The fourth-order valence-electron chi connectivity index (χ4n) is 4.45. The number of nitrogens with zero attached hydrogens (tertiary/aromatic N) is 2. The van der Waals surface area contributed by atoms with Gasteiger partial charge in [-0.3, -0.25) is 9.71 Å². The van der Waals surface area contributed by atoms with E-state index in [4.69, 9.17) is 33.0 Å². The summed E-state index contributed by atoms with van der Waals surface area (Å²) in [7, 11) is -2.02. The third-order valence-corrected chi connectivity index (χ3v) is 7.54. The van der Waals surface area contributed by atoms with Crippen LogP contribution in [0.3, 0.4) is 0 Å². The van der Waals surface area contributed by atoms with Gasteiger partial charge in [0, 0.05) is 28.5 Å². The number of rotatable bonds is 7. The van der Waals surface area contributed by atoms with E-state index in [1.165, 1.54) is 7.11 Å². The number of furan rings is 1.